The average Bonchev–Trinajstić information content (AvgIpc) is 3.18. The first-order chi connectivity index (χ1) is 16.0. The fourth-order valence-electron chi connectivity index (χ4n) is 4.49. The number of fused-ring (bicyclic) bond motifs is 1. The van der Waals surface area contributed by atoms with Gasteiger partial charge in [0.2, 0.25) is 0 Å². The molecule has 0 saturated heterocycles. The molecule has 1 aliphatic rings. The molecule has 0 spiro atoms. The van der Waals surface area contributed by atoms with Crippen molar-refractivity contribution in [1.82, 2.24) is 20.0 Å². The molecule has 1 aromatic heterocycles. The Balaban J connectivity index is 1.54. The van der Waals surface area contributed by atoms with Crippen molar-refractivity contribution in [2.45, 2.75) is 46.4 Å². The molecule has 4 rings (SSSR count). The Bertz CT molecular complexity index is 1120. The van der Waals surface area contributed by atoms with Gasteiger partial charge in [0.15, 0.2) is 5.69 Å². The van der Waals surface area contributed by atoms with Crippen molar-refractivity contribution in [3.63, 3.8) is 0 Å². The maximum atomic E-state index is 13.1. The Morgan fingerprint density at radius 3 is 2.70 bits per heavy atom. The molecular weight excluding hydrogens is 416 g/mol. The van der Waals surface area contributed by atoms with E-state index in [1.54, 1.807) is 11.8 Å². The number of carbonyl (C=O) groups excluding carboxylic acids is 1. The quantitative estimate of drug-likeness (QED) is 0.554. The summed E-state index contributed by atoms with van der Waals surface area (Å²) in [4.78, 5) is 15.4. The van der Waals surface area contributed by atoms with Gasteiger partial charge in [-0.2, -0.15) is 5.10 Å². The van der Waals surface area contributed by atoms with Crippen LogP contribution in [0.25, 0.3) is 0 Å². The molecule has 1 aliphatic heterocycles. The van der Waals surface area contributed by atoms with Crippen molar-refractivity contribution in [3.8, 4) is 5.75 Å². The van der Waals surface area contributed by atoms with Crippen molar-refractivity contribution < 1.29 is 14.6 Å². The van der Waals surface area contributed by atoms with Gasteiger partial charge < -0.3 is 15.2 Å². The number of rotatable bonds is 8. The number of carbonyl (C=O) groups is 1. The van der Waals surface area contributed by atoms with Crippen LogP contribution in [0, 0.1) is 13.8 Å². The zero-order valence-electron chi connectivity index (χ0n) is 19.6. The molecule has 2 N–H and O–H groups in total. The summed E-state index contributed by atoms with van der Waals surface area (Å²) in [6.07, 6.45) is 0.794. The lowest BCUT2D eigenvalue weighted by Gasteiger charge is -2.28. The Morgan fingerprint density at radius 2 is 1.97 bits per heavy atom. The van der Waals surface area contributed by atoms with E-state index < -0.39 is 0 Å². The van der Waals surface area contributed by atoms with Crippen molar-refractivity contribution in [1.29, 1.82) is 0 Å². The van der Waals surface area contributed by atoms with Crippen LogP contribution in [0.3, 0.4) is 0 Å². The second kappa shape index (κ2) is 10.2. The lowest BCUT2D eigenvalue weighted by atomic mass is 10.0. The van der Waals surface area contributed by atoms with Crippen LogP contribution in [0.15, 0.2) is 42.5 Å². The standard InChI is InChI=1S/C26H32N4O3/c1-18-14-24(33-3)19(2)13-21(18)16-29-10-9-23-22(17-29)25(28-30(23)11-12-31)26(32)27-15-20-7-5-4-6-8-20/h4-8,13-14,31H,9-12,15-17H2,1-3H3,(H,27,32). The molecule has 33 heavy (non-hydrogen) atoms. The van der Waals surface area contributed by atoms with E-state index in [2.05, 4.69) is 41.3 Å². The van der Waals surface area contributed by atoms with E-state index in [-0.39, 0.29) is 12.5 Å². The molecule has 3 aromatic rings. The van der Waals surface area contributed by atoms with Gasteiger partial charge in [-0.3, -0.25) is 14.4 Å². The van der Waals surface area contributed by atoms with Gasteiger partial charge in [-0.1, -0.05) is 36.4 Å². The monoisotopic (exact) mass is 448 g/mol. The summed E-state index contributed by atoms with van der Waals surface area (Å²) in [6.45, 7) is 7.33. The molecule has 0 atom stereocenters. The second-order valence-corrected chi connectivity index (χ2v) is 8.60. The van der Waals surface area contributed by atoms with Crippen LogP contribution < -0.4 is 10.1 Å². The maximum absolute atomic E-state index is 13.1. The molecule has 2 heterocycles. The summed E-state index contributed by atoms with van der Waals surface area (Å²) >= 11 is 0. The van der Waals surface area contributed by atoms with Crippen molar-refractivity contribution in [3.05, 3.63) is 81.7 Å². The van der Waals surface area contributed by atoms with Crippen molar-refractivity contribution in [2.24, 2.45) is 0 Å². The number of amides is 1. The van der Waals surface area contributed by atoms with E-state index in [4.69, 9.17) is 4.74 Å². The first-order valence-electron chi connectivity index (χ1n) is 11.4. The molecule has 0 fully saturated rings. The predicted octanol–water partition coefficient (Wildman–Crippen LogP) is 2.99. The number of hydrogen-bond acceptors (Lipinski definition) is 5. The van der Waals surface area contributed by atoms with E-state index in [0.29, 0.717) is 25.3 Å². The lowest BCUT2D eigenvalue weighted by Crippen LogP contribution is -2.32. The summed E-state index contributed by atoms with van der Waals surface area (Å²) in [6, 6.07) is 14.1. The third-order valence-corrected chi connectivity index (χ3v) is 6.28. The molecule has 0 bridgehead atoms. The van der Waals surface area contributed by atoms with Crippen LogP contribution in [0.5, 0.6) is 5.75 Å². The molecule has 7 heteroatoms. The normalized spacial score (nSPS) is 13.6. The third-order valence-electron chi connectivity index (χ3n) is 6.28. The molecule has 7 nitrogen and oxygen atoms in total. The van der Waals surface area contributed by atoms with Gasteiger partial charge >= 0.3 is 0 Å². The van der Waals surface area contributed by atoms with Crippen LogP contribution in [-0.2, 0) is 32.6 Å². The average molecular weight is 449 g/mol. The number of ether oxygens (including phenoxy) is 1. The van der Waals surface area contributed by atoms with Gasteiger partial charge in [0, 0.05) is 43.9 Å². The number of aromatic nitrogens is 2. The first-order valence-corrected chi connectivity index (χ1v) is 11.4. The zero-order chi connectivity index (χ0) is 23.4. The smallest absolute Gasteiger partial charge is 0.272 e. The van der Waals surface area contributed by atoms with E-state index in [9.17, 15) is 9.90 Å². The van der Waals surface area contributed by atoms with Crippen molar-refractivity contribution in [2.75, 3.05) is 20.3 Å². The fraction of sp³-hybridized carbons (Fsp3) is 0.385. The van der Waals surface area contributed by atoms with Gasteiger partial charge in [0.05, 0.1) is 20.3 Å². The SMILES string of the molecule is COc1cc(C)c(CN2CCc3c(c(C(=O)NCc4ccccc4)nn3CCO)C2)cc1C. The molecule has 1 amide bonds. The molecule has 2 aromatic carbocycles. The molecule has 174 valence electrons. The number of nitrogens with one attached hydrogen (secondary N) is 1. The number of aliphatic hydroxyl groups excluding tert-OH is 1. The highest BCUT2D eigenvalue weighted by atomic mass is 16.5. The van der Waals surface area contributed by atoms with E-state index >= 15 is 0 Å². The highest BCUT2D eigenvalue weighted by Crippen LogP contribution is 2.27. The predicted molar refractivity (Wildman–Crippen MR) is 127 cm³/mol. The van der Waals surface area contributed by atoms with Crippen LogP contribution in [-0.4, -0.2) is 46.0 Å². The van der Waals surface area contributed by atoms with E-state index in [1.165, 1.54) is 11.1 Å². The molecule has 0 saturated carbocycles. The van der Waals surface area contributed by atoms with E-state index in [1.807, 2.05) is 30.3 Å². The maximum Gasteiger partial charge on any atom is 0.272 e. The second-order valence-electron chi connectivity index (χ2n) is 8.60. The Hall–Kier alpha value is -3.16. The number of aliphatic hydroxyl groups is 1. The number of methoxy groups -OCH3 is 1. The zero-order valence-corrected chi connectivity index (χ0v) is 19.6. The van der Waals surface area contributed by atoms with E-state index in [0.717, 1.165) is 47.6 Å². The third kappa shape index (κ3) is 5.10. The Labute approximate surface area is 195 Å². The van der Waals surface area contributed by atoms with Crippen LogP contribution in [0.1, 0.15) is 44.0 Å². The summed E-state index contributed by atoms with van der Waals surface area (Å²) in [5.74, 6) is 0.727. The number of nitrogens with zero attached hydrogens (tertiary/aromatic N) is 3. The molecular formula is C26H32N4O3. The van der Waals surface area contributed by atoms with Crippen LogP contribution in [0.4, 0.5) is 0 Å². The molecule has 0 aliphatic carbocycles. The topological polar surface area (TPSA) is 79.6 Å². The van der Waals surface area contributed by atoms with Gasteiger partial charge in [0.25, 0.3) is 5.91 Å². The van der Waals surface area contributed by atoms with Gasteiger partial charge in [-0.05, 0) is 42.2 Å². The molecule has 0 unspecified atom stereocenters. The number of hydrogen-bond donors (Lipinski definition) is 2. The van der Waals surface area contributed by atoms with Gasteiger partial charge in [0.1, 0.15) is 5.75 Å². The fourth-order valence-corrected chi connectivity index (χ4v) is 4.49. The van der Waals surface area contributed by atoms with Gasteiger partial charge in [-0.25, -0.2) is 0 Å². The van der Waals surface area contributed by atoms with Crippen LogP contribution >= 0.6 is 0 Å². The summed E-state index contributed by atoms with van der Waals surface area (Å²) in [5.41, 5.74) is 7.08. The lowest BCUT2D eigenvalue weighted by molar-refractivity contribution is 0.0942. The minimum atomic E-state index is -0.176. The summed E-state index contributed by atoms with van der Waals surface area (Å²) < 4.78 is 7.25. The number of aryl methyl sites for hydroxylation is 2. The minimum Gasteiger partial charge on any atom is -0.496 e. The Morgan fingerprint density at radius 1 is 1.18 bits per heavy atom. The first kappa shape index (κ1) is 23.0. The highest BCUT2D eigenvalue weighted by molar-refractivity contribution is 5.94. The van der Waals surface area contributed by atoms with Crippen LogP contribution in [0.2, 0.25) is 0 Å². The minimum absolute atomic E-state index is 0.00672. The van der Waals surface area contributed by atoms with Crippen molar-refractivity contribution >= 4 is 5.91 Å². The largest absolute Gasteiger partial charge is 0.496 e. The number of benzene rings is 2. The summed E-state index contributed by atoms with van der Waals surface area (Å²) in [7, 11) is 1.70. The Kier molecular flexibility index (Phi) is 7.11. The van der Waals surface area contributed by atoms with Gasteiger partial charge in [-0.15, -0.1) is 0 Å². The highest BCUT2D eigenvalue weighted by Gasteiger charge is 2.28. The molecule has 0 radical (unpaired) electrons. The summed E-state index contributed by atoms with van der Waals surface area (Å²) in [5, 5.41) is 17.1.